The fraction of sp³-hybridized carbons (Fsp3) is 0.562. The quantitative estimate of drug-likeness (QED) is 0.918. The number of likely N-dealkylation sites (tertiary alicyclic amines) is 1. The van der Waals surface area contributed by atoms with Gasteiger partial charge >= 0.3 is 5.97 Å². The summed E-state index contributed by atoms with van der Waals surface area (Å²) in [6.07, 6.45) is 4.50. The molecule has 1 atom stereocenters. The minimum Gasteiger partial charge on any atom is -0.481 e. The Balaban J connectivity index is 1.75. The van der Waals surface area contributed by atoms with Crippen LogP contribution >= 0.6 is 0 Å². The second-order valence-corrected chi connectivity index (χ2v) is 6.44. The van der Waals surface area contributed by atoms with Crippen LogP contribution in [0.3, 0.4) is 0 Å². The summed E-state index contributed by atoms with van der Waals surface area (Å²) < 4.78 is 0. The van der Waals surface area contributed by atoms with Crippen molar-refractivity contribution < 1.29 is 14.7 Å². The molecule has 1 unspecified atom stereocenters. The zero-order chi connectivity index (χ0) is 15.7. The number of nitrogens with zero attached hydrogens (tertiary/aromatic N) is 3. The van der Waals surface area contributed by atoms with Crippen molar-refractivity contribution in [2.24, 2.45) is 5.41 Å². The van der Waals surface area contributed by atoms with E-state index in [-0.39, 0.29) is 12.5 Å². The average molecular weight is 303 g/mol. The molecule has 3 heterocycles. The zero-order valence-electron chi connectivity index (χ0n) is 12.8. The molecule has 0 radical (unpaired) electrons. The molecule has 1 N–H and O–H groups in total. The molecule has 0 spiro atoms. The van der Waals surface area contributed by atoms with Gasteiger partial charge in [0.15, 0.2) is 0 Å². The summed E-state index contributed by atoms with van der Waals surface area (Å²) in [6, 6.07) is 3.75. The first-order chi connectivity index (χ1) is 10.5. The summed E-state index contributed by atoms with van der Waals surface area (Å²) in [5, 5.41) is 9.27. The predicted molar refractivity (Wildman–Crippen MR) is 81.9 cm³/mol. The van der Waals surface area contributed by atoms with Crippen LogP contribution in [-0.4, -0.2) is 53.0 Å². The van der Waals surface area contributed by atoms with E-state index in [0.717, 1.165) is 18.8 Å². The van der Waals surface area contributed by atoms with Gasteiger partial charge in [0.05, 0.1) is 5.41 Å². The van der Waals surface area contributed by atoms with E-state index in [1.54, 1.807) is 18.0 Å². The van der Waals surface area contributed by atoms with E-state index in [0.29, 0.717) is 18.7 Å². The van der Waals surface area contributed by atoms with Crippen molar-refractivity contribution in [3.63, 3.8) is 0 Å². The van der Waals surface area contributed by atoms with Crippen LogP contribution in [0.25, 0.3) is 0 Å². The Morgan fingerprint density at radius 2 is 2.00 bits per heavy atom. The summed E-state index contributed by atoms with van der Waals surface area (Å²) in [7, 11) is 0. The van der Waals surface area contributed by atoms with E-state index in [4.69, 9.17) is 0 Å². The third-order valence-electron chi connectivity index (χ3n) is 4.71. The molecule has 0 aliphatic carbocycles. The van der Waals surface area contributed by atoms with Gasteiger partial charge in [-0.1, -0.05) is 0 Å². The number of carboxylic acids is 1. The number of anilines is 1. The fourth-order valence-corrected chi connectivity index (χ4v) is 3.18. The number of pyridine rings is 1. The first kappa shape index (κ1) is 14.8. The average Bonchev–Trinajstić information content (AvgIpc) is 3.17. The van der Waals surface area contributed by atoms with Crippen LogP contribution in [0.1, 0.15) is 36.7 Å². The second-order valence-electron chi connectivity index (χ2n) is 6.44. The Morgan fingerprint density at radius 3 is 2.64 bits per heavy atom. The zero-order valence-corrected chi connectivity index (χ0v) is 12.8. The lowest BCUT2D eigenvalue weighted by Crippen LogP contribution is -2.35. The fourth-order valence-electron chi connectivity index (χ4n) is 3.18. The van der Waals surface area contributed by atoms with Crippen LogP contribution < -0.4 is 4.90 Å². The summed E-state index contributed by atoms with van der Waals surface area (Å²) in [5.41, 5.74) is 0.581. The maximum atomic E-state index is 12.6. The summed E-state index contributed by atoms with van der Waals surface area (Å²) >= 11 is 0. The molecule has 6 nitrogen and oxygen atoms in total. The normalized spacial score (nSPS) is 24.8. The molecule has 0 saturated carbocycles. The third kappa shape index (κ3) is 2.65. The first-order valence-corrected chi connectivity index (χ1v) is 7.73. The highest BCUT2D eigenvalue weighted by molar-refractivity contribution is 5.94. The summed E-state index contributed by atoms with van der Waals surface area (Å²) in [5.74, 6) is -1.02. The lowest BCUT2D eigenvalue weighted by molar-refractivity contribution is -0.147. The van der Waals surface area contributed by atoms with E-state index in [1.165, 1.54) is 12.8 Å². The van der Waals surface area contributed by atoms with Gasteiger partial charge in [0.2, 0.25) is 0 Å². The molecule has 2 fully saturated rings. The number of hydrogen-bond acceptors (Lipinski definition) is 4. The lowest BCUT2D eigenvalue weighted by atomic mass is 9.90. The molecule has 1 aromatic rings. The number of carboxylic acid groups (broad SMARTS) is 1. The van der Waals surface area contributed by atoms with Crippen molar-refractivity contribution >= 4 is 17.6 Å². The highest BCUT2D eigenvalue weighted by Gasteiger charge is 2.42. The lowest BCUT2D eigenvalue weighted by Gasteiger charge is -2.21. The number of aliphatic carboxylic acids is 1. The van der Waals surface area contributed by atoms with E-state index in [2.05, 4.69) is 9.88 Å². The minimum absolute atomic E-state index is 0.175. The molecule has 1 amide bonds. The number of hydrogen-bond donors (Lipinski definition) is 1. The second kappa shape index (κ2) is 5.59. The van der Waals surface area contributed by atoms with Crippen molar-refractivity contribution in [3.05, 3.63) is 24.0 Å². The third-order valence-corrected chi connectivity index (χ3v) is 4.71. The number of rotatable bonds is 3. The molecule has 6 heteroatoms. The Morgan fingerprint density at radius 1 is 1.27 bits per heavy atom. The van der Waals surface area contributed by atoms with Gasteiger partial charge in [0.25, 0.3) is 5.91 Å². The molecule has 3 rings (SSSR count). The van der Waals surface area contributed by atoms with Crippen LogP contribution in [0, 0.1) is 5.41 Å². The van der Waals surface area contributed by atoms with Gasteiger partial charge in [-0.2, -0.15) is 0 Å². The van der Waals surface area contributed by atoms with Crippen LogP contribution in [0.5, 0.6) is 0 Å². The SMILES string of the molecule is CC1(C(=O)O)CCN(C(=O)c2cc(N3CCCC3)ccn2)C1. The topological polar surface area (TPSA) is 73.7 Å². The Labute approximate surface area is 129 Å². The van der Waals surface area contributed by atoms with Crippen molar-refractivity contribution in [1.82, 2.24) is 9.88 Å². The monoisotopic (exact) mass is 303 g/mol. The molecular weight excluding hydrogens is 282 g/mol. The van der Waals surface area contributed by atoms with Crippen LogP contribution in [0.4, 0.5) is 5.69 Å². The van der Waals surface area contributed by atoms with Gasteiger partial charge in [0, 0.05) is 38.1 Å². The number of amides is 1. The highest BCUT2D eigenvalue weighted by Crippen LogP contribution is 2.31. The summed E-state index contributed by atoms with van der Waals surface area (Å²) in [4.78, 5) is 31.9. The van der Waals surface area contributed by atoms with Gasteiger partial charge in [-0.05, 0) is 38.3 Å². The van der Waals surface area contributed by atoms with Gasteiger partial charge in [0.1, 0.15) is 5.69 Å². The van der Waals surface area contributed by atoms with Gasteiger partial charge in [-0.15, -0.1) is 0 Å². The number of aromatic nitrogens is 1. The van der Waals surface area contributed by atoms with Crippen molar-refractivity contribution in [2.45, 2.75) is 26.2 Å². The van der Waals surface area contributed by atoms with E-state index in [9.17, 15) is 14.7 Å². The molecule has 118 valence electrons. The molecule has 22 heavy (non-hydrogen) atoms. The first-order valence-electron chi connectivity index (χ1n) is 7.73. The Kier molecular flexibility index (Phi) is 3.76. The van der Waals surface area contributed by atoms with Crippen LogP contribution in [0.15, 0.2) is 18.3 Å². The van der Waals surface area contributed by atoms with Gasteiger partial charge in [-0.25, -0.2) is 0 Å². The maximum absolute atomic E-state index is 12.6. The highest BCUT2D eigenvalue weighted by atomic mass is 16.4. The maximum Gasteiger partial charge on any atom is 0.311 e. The molecule has 1 aromatic heterocycles. The Bertz CT molecular complexity index is 598. The Hall–Kier alpha value is -2.11. The van der Waals surface area contributed by atoms with E-state index in [1.807, 2.05) is 12.1 Å². The molecule has 2 aliphatic rings. The van der Waals surface area contributed by atoms with Gasteiger partial charge in [-0.3, -0.25) is 14.6 Å². The molecule has 0 bridgehead atoms. The predicted octanol–water partition coefficient (Wildman–Crippen LogP) is 1.62. The standard InChI is InChI=1S/C16H21N3O3/c1-16(15(21)22)5-9-19(11-16)14(20)13-10-12(4-6-17-13)18-7-2-3-8-18/h4,6,10H,2-3,5,7-9,11H2,1H3,(H,21,22). The van der Waals surface area contributed by atoms with Crippen LogP contribution in [0.2, 0.25) is 0 Å². The summed E-state index contributed by atoms with van der Waals surface area (Å²) in [6.45, 7) is 4.43. The van der Waals surface area contributed by atoms with Crippen LogP contribution in [-0.2, 0) is 4.79 Å². The van der Waals surface area contributed by atoms with Crippen molar-refractivity contribution in [3.8, 4) is 0 Å². The number of carbonyl (C=O) groups excluding carboxylic acids is 1. The largest absolute Gasteiger partial charge is 0.481 e. The smallest absolute Gasteiger partial charge is 0.311 e. The molecular formula is C16H21N3O3. The van der Waals surface area contributed by atoms with E-state index < -0.39 is 11.4 Å². The minimum atomic E-state index is -0.846. The van der Waals surface area contributed by atoms with Crippen molar-refractivity contribution in [1.29, 1.82) is 0 Å². The molecule has 0 aromatic carbocycles. The molecule has 2 aliphatic heterocycles. The van der Waals surface area contributed by atoms with Gasteiger partial charge < -0.3 is 14.9 Å². The molecule has 2 saturated heterocycles. The van der Waals surface area contributed by atoms with Crippen molar-refractivity contribution in [2.75, 3.05) is 31.1 Å². The number of carbonyl (C=O) groups is 2. The van der Waals surface area contributed by atoms with E-state index >= 15 is 0 Å².